The molecule has 14 nitrogen and oxygen atoms in total. The number of carboxylic acid groups (broad SMARTS) is 1. The number of aliphatic imine (C=N–C) groups is 1. The Morgan fingerprint density at radius 2 is 1.49 bits per heavy atom. The summed E-state index contributed by atoms with van der Waals surface area (Å²) < 4.78 is 0. The number of likely N-dealkylation sites (tertiary alicyclic amines) is 1. The molecular weight excluding hydrogens is 558 g/mol. The van der Waals surface area contributed by atoms with Crippen molar-refractivity contribution in [3.63, 3.8) is 0 Å². The van der Waals surface area contributed by atoms with Gasteiger partial charge in [-0.15, -0.1) is 0 Å². The zero-order valence-electron chi connectivity index (χ0n) is 23.7. The molecule has 0 bridgehead atoms. The van der Waals surface area contributed by atoms with Gasteiger partial charge in [0.25, 0.3) is 0 Å². The van der Waals surface area contributed by atoms with Gasteiger partial charge in [0, 0.05) is 19.5 Å². The number of carbonyl (C=O) groups excluding carboxylic acids is 3. The molecule has 0 aromatic heterocycles. The first-order valence-electron chi connectivity index (χ1n) is 14.0. The van der Waals surface area contributed by atoms with Gasteiger partial charge in [-0.2, -0.15) is 0 Å². The van der Waals surface area contributed by atoms with Gasteiger partial charge in [0.05, 0.1) is 6.04 Å². The molecule has 4 atom stereocenters. The highest BCUT2D eigenvalue weighted by atomic mass is 16.4. The number of carbonyl (C=O) groups is 4. The van der Waals surface area contributed by atoms with Crippen molar-refractivity contribution in [2.45, 2.75) is 62.7 Å². The molecule has 2 aromatic rings. The normalized spacial score (nSPS) is 16.5. The molecule has 1 aliphatic heterocycles. The molecule has 0 spiro atoms. The topological polar surface area (TPSA) is 247 Å². The van der Waals surface area contributed by atoms with Crippen molar-refractivity contribution in [2.75, 3.05) is 13.1 Å². The summed E-state index contributed by atoms with van der Waals surface area (Å²) in [5, 5.41) is 33.9. The summed E-state index contributed by atoms with van der Waals surface area (Å²) in [6.07, 6.45) is 1.48. The Kier molecular flexibility index (Phi) is 11.7. The third-order valence-corrected chi connectivity index (χ3v) is 7.12. The number of phenolic OH excluding ortho intramolecular Hbond substituents is 2. The molecule has 0 radical (unpaired) electrons. The van der Waals surface area contributed by atoms with E-state index in [1.165, 1.54) is 29.2 Å². The van der Waals surface area contributed by atoms with E-state index in [-0.39, 0.29) is 43.3 Å². The first kappa shape index (κ1) is 32.7. The Labute approximate surface area is 248 Å². The van der Waals surface area contributed by atoms with E-state index in [0.717, 1.165) is 5.56 Å². The molecule has 1 heterocycles. The maximum absolute atomic E-state index is 13.4. The van der Waals surface area contributed by atoms with Crippen LogP contribution in [0.1, 0.15) is 36.8 Å². The van der Waals surface area contributed by atoms with Crippen molar-refractivity contribution in [3.8, 4) is 11.5 Å². The van der Waals surface area contributed by atoms with E-state index < -0.39 is 47.9 Å². The summed E-state index contributed by atoms with van der Waals surface area (Å²) >= 11 is 0. The summed E-state index contributed by atoms with van der Waals surface area (Å²) in [6.45, 7) is 0.493. The first-order valence-corrected chi connectivity index (χ1v) is 14.0. The third kappa shape index (κ3) is 9.88. The maximum atomic E-state index is 13.4. The van der Waals surface area contributed by atoms with Crippen LogP contribution in [0.4, 0.5) is 0 Å². The largest absolute Gasteiger partial charge is 0.508 e. The quantitative estimate of drug-likeness (QED) is 0.0773. The average molecular weight is 598 g/mol. The number of rotatable bonds is 14. The van der Waals surface area contributed by atoms with Crippen LogP contribution in [0.5, 0.6) is 11.5 Å². The molecule has 1 saturated heterocycles. The van der Waals surface area contributed by atoms with Crippen LogP contribution < -0.4 is 27.8 Å². The minimum atomic E-state index is -1.31. The van der Waals surface area contributed by atoms with Gasteiger partial charge in [0.1, 0.15) is 29.6 Å². The fourth-order valence-electron chi connectivity index (χ4n) is 4.87. The molecule has 3 rings (SSSR count). The number of guanidine groups is 1. The molecule has 3 amide bonds. The monoisotopic (exact) mass is 597 g/mol. The Bertz CT molecular complexity index is 1300. The predicted octanol–water partition coefficient (Wildman–Crippen LogP) is -0.691. The van der Waals surface area contributed by atoms with Crippen LogP contribution in [0.15, 0.2) is 53.5 Å². The minimum Gasteiger partial charge on any atom is -0.508 e. The van der Waals surface area contributed by atoms with Crippen molar-refractivity contribution in [1.82, 2.24) is 15.5 Å². The lowest BCUT2D eigenvalue weighted by atomic mass is 10.0. The zero-order chi connectivity index (χ0) is 31.5. The minimum absolute atomic E-state index is 0.0176. The Morgan fingerprint density at radius 3 is 2.05 bits per heavy atom. The molecule has 1 aliphatic rings. The van der Waals surface area contributed by atoms with Crippen LogP contribution in [-0.4, -0.2) is 87.1 Å². The van der Waals surface area contributed by atoms with Crippen LogP contribution in [0, 0.1) is 0 Å². The number of aliphatic carboxylic acids is 1. The van der Waals surface area contributed by atoms with E-state index in [2.05, 4.69) is 15.6 Å². The van der Waals surface area contributed by atoms with Crippen LogP contribution >= 0.6 is 0 Å². The molecule has 1 fully saturated rings. The van der Waals surface area contributed by atoms with Gasteiger partial charge in [0.2, 0.25) is 17.7 Å². The zero-order valence-corrected chi connectivity index (χ0v) is 23.7. The van der Waals surface area contributed by atoms with Gasteiger partial charge in [-0.05, 0) is 67.5 Å². The van der Waals surface area contributed by atoms with E-state index in [4.69, 9.17) is 17.2 Å². The number of nitrogens with one attached hydrogen (secondary N) is 2. The number of hydrogen-bond donors (Lipinski definition) is 8. The second-order valence-corrected chi connectivity index (χ2v) is 10.4. The Balaban J connectivity index is 1.70. The number of amides is 3. The lowest BCUT2D eigenvalue weighted by molar-refractivity contribution is -0.143. The van der Waals surface area contributed by atoms with Crippen molar-refractivity contribution in [3.05, 3.63) is 59.7 Å². The lowest BCUT2D eigenvalue weighted by Gasteiger charge is -2.28. The van der Waals surface area contributed by atoms with Gasteiger partial charge in [-0.25, -0.2) is 4.79 Å². The number of phenols is 2. The average Bonchev–Trinajstić information content (AvgIpc) is 3.46. The van der Waals surface area contributed by atoms with E-state index in [0.29, 0.717) is 31.4 Å². The molecule has 232 valence electrons. The number of nitrogens with two attached hydrogens (primary N) is 3. The molecule has 14 heteroatoms. The van der Waals surface area contributed by atoms with Crippen LogP contribution in [0.25, 0.3) is 0 Å². The highest BCUT2D eigenvalue weighted by Crippen LogP contribution is 2.20. The predicted molar refractivity (Wildman–Crippen MR) is 158 cm³/mol. The first-order chi connectivity index (χ1) is 20.4. The van der Waals surface area contributed by atoms with E-state index >= 15 is 0 Å². The lowest BCUT2D eigenvalue weighted by Crippen LogP contribution is -2.57. The fourth-order valence-corrected chi connectivity index (χ4v) is 4.87. The number of nitrogens with zero attached hydrogens (tertiary/aromatic N) is 2. The Morgan fingerprint density at radius 1 is 0.907 bits per heavy atom. The third-order valence-electron chi connectivity index (χ3n) is 7.12. The van der Waals surface area contributed by atoms with Crippen molar-refractivity contribution in [1.29, 1.82) is 0 Å². The second-order valence-electron chi connectivity index (χ2n) is 10.4. The van der Waals surface area contributed by atoms with E-state index in [9.17, 15) is 34.5 Å². The maximum Gasteiger partial charge on any atom is 0.326 e. The number of hydrogen-bond acceptors (Lipinski definition) is 8. The number of aromatic hydroxyl groups is 2. The van der Waals surface area contributed by atoms with Crippen molar-refractivity contribution in [2.24, 2.45) is 22.2 Å². The molecule has 11 N–H and O–H groups in total. The summed E-state index contributed by atoms with van der Waals surface area (Å²) in [7, 11) is 0. The summed E-state index contributed by atoms with van der Waals surface area (Å²) in [4.78, 5) is 57.2. The van der Waals surface area contributed by atoms with Gasteiger partial charge in [0.15, 0.2) is 5.96 Å². The van der Waals surface area contributed by atoms with E-state index in [1.54, 1.807) is 24.3 Å². The summed E-state index contributed by atoms with van der Waals surface area (Å²) in [6, 6.07) is 8.00. The number of benzene rings is 2. The SMILES string of the molecule is NC(N)=NCCCC(NC(=O)C1CCCN1C(=O)C(N)Cc1ccc(O)cc1)C(=O)NC(Cc1ccc(O)cc1)C(=O)O. The fraction of sp³-hybridized carbons (Fsp3) is 0.414. The Hall–Kier alpha value is -4.85. The molecule has 0 aliphatic carbocycles. The summed E-state index contributed by atoms with van der Waals surface area (Å²) in [5.74, 6) is -3.00. The highest BCUT2D eigenvalue weighted by molar-refractivity contribution is 5.94. The number of carboxylic acids is 1. The molecule has 4 unspecified atom stereocenters. The van der Waals surface area contributed by atoms with Crippen molar-refractivity contribution >= 4 is 29.7 Å². The van der Waals surface area contributed by atoms with Crippen LogP contribution in [0.2, 0.25) is 0 Å². The smallest absolute Gasteiger partial charge is 0.326 e. The second kappa shape index (κ2) is 15.4. The highest BCUT2D eigenvalue weighted by Gasteiger charge is 2.38. The van der Waals surface area contributed by atoms with E-state index in [1.807, 2.05) is 0 Å². The van der Waals surface area contributed by atoms with Crippen LogP contribution in [-0.2, 0) is 32.0 Å². The molecule has 43 heavy (non-hydrogen) atoms. The summed E-state index contributed by atoms with van der Waals surface area (Å²) in [5.41, 5.74) is 18.3. The standard InChI is InChI=1S/C29H39N7O7/c30-21(15-17-5-9-19(37)10-6-17)27(41)36-14-2-4-24(36)26(40)34-22(3-1-13-33-29(31)32)25(39)35-23(28(42)43)16-18-7-11-20(38)12-8-18/h5-12,21-24,37-38H,1-4,13-16,30H2,(H,34,40)(H,35,39)(H,42,43)(H4,31,32,33). The van der Waals surface area contributed by atoms with Gasteiger partial charge in [-0.1, -0.05) is 24.3 Å². The van der Waals surface area contributed by atoms with Gasteiger partial charge < -0.3 is 48.1 Å². The van der Waals surface area contributed by atoms with Gasteiger partial charge in [-0.3, -0.25) is 19.4 Å². The molecular formula is C29H39N7O7. The van der Waals surface area contributed by atoms with Crippen LogP contribution in [0.3, 0.4) is 0 Å². The van der Waals surface area contributed by atoms with Crippen molar-refractivity contribution < 1.29 is 34.5 Å². The molecule has 0 saturated carbocycles. The molecule has 2 aromatic carbocycles. The van der Waals surface area contributed by atoms with Gasteiger partial charge >= 0.3 is 5.97 Å².